The van der Waals surface area contributed by atoms with Crippen LogP contribution in [0.2, 0.25) is 0 Å². The SMILES string of the molecule is Cl.N=C(N)C1CCOc2ccccc21. The summed E-state index contributed by atoms with van der Waals surface area (Å²) in [5.41, 5.74) is 6.55. The largest absolute Gasteiger partial charge is 0.493 e. The van der Waals surface area contributed by atoms with Crippen molar-refractivity contribution in [1.29, 1.82) is 5.41 Å². The fraction of sp³-hybridized carbons (Fsp3) is 0.300. The molecular formula is C10H13ClN2O. The molecule has 1 aromatic carbocycles. The standard InChI is InChI=1S/C10H12N2O.ClH/c11-10(12)8-5-6-13-9-4-2-1-3-7(8)9;/h1-4,8H,5-6H2,(H3,11,12);1H. The van der Waals surface area contributed by atoms with Crippen LogP contribution in [0.15, 0.2) is 24.3 Å². The minimum absolute atomic E-state index is 0. The van der Waals surface area contributed by atoms with Gasteiger partial charge in [-0.15, -0.1) is 12.4 Å². The molecule has 0 spiro atoms. The fourth-order valence-electron chi connectivity index (χ4n) is 1.67. The van der Waals surface area contributed by atoms with Crippen molar-refractivity contribution in [3.63, 3.8) is 0 Å². The zero-order valence-electron chi connectivity index (χ0n) is 7.69. The van der Waals surface area contributed by atoms with E-state index in [-0.39, 0.29) is 24.2 Å². The Hall–Kier alpha value is -1.22. The molecule has 0 amide bonds. The zero-order chi connectivity index (χ0) is 9.26. The molecule has 1 atom stereocenters. The van der Waals surface area contributed by atoms with Gasteiger partial charge in [0, 0.05) is 11.5 Å². The third-order valence-corrected chi connectivity index (χ3v) is 2.33. The molecule has 3 nitrogen and oxygen atoms in total. The number of halogens is 1. The van der Waals surface area contributed by atoms with Gasteiger partial charge >= 0.3 is 0 Å². The Bertz CT molecular complexity index is 341. The van der Waals surface area contributed by atoms with E-state index in [4.69, 9.17) is 15.9 Å². The number of ether oxygens (including phenoxy) is 1. The van der Waals surface area contributed by atoms with Crippen LogP contribution in [0, 0.1) is 5.41 Å². The Balaban J connectivity index is 0.000000980. The molecule has 0 radical (unpaired) electrons. The van der Waals surface area contributed by atoms with E-state index >= 15 is 0 Å². The fourth-order valence-corrected chi connectivity index (χ4v) is 1.67. The van der Waals surface area contributed by atoms with Crippen molar-refractivity contribution in [2.45, 2.75) is 12.3 Å². The molecule has 76 valence electrons. The molecule has 0 fully saturated rings. The maximum Gasteiger partial charge on any atom is 0.123 e. The number of nitrogens with two attached hydrogens (primary N) is 1. The molecule has 0 aromatic heterocycles. The van der Waals surface area contributed by atoms with Crippen LogP contribution in [0.5, 0.6) is 5.75 Å². The summed E-state index contributed by atoms with van der Waals surface area (Å²) in [5, 5.41) is 7.44. The number of hydrogen-bond donors (Lipinski definition) is 2. The van der Waals surface area contributed by atoms with Gasteiger partial charge in [-0.1, -0.05) is 18.2 Å². The quantitative estimate of drug-likeness (QED) is 0.552. The number of nitrogens with one attached hydrogen (secondary N) is 1. The molecule has 1 aliphatic heterocycles. The molecule has 1 unspecified atom stereocenters. The summed E-state index contributed by atoms with van der Waals surface area (Å²) < 4.78 is 5.45. The van der Waals surface area contributed by atoms with Crippen molar-refractivity contribution in [2.75, 3.05) is 6.61 Å². The second kappa shape index (κ2) is 4.33. The lowest BCUT2D eigenvalue weighted by Crippen LogP contribution is -2.26. The van der Waals surface area contributed by atoms with Gasteiger partial charge in [0.1, 0.15) is 5.75 Å². The summed E-state index contributed by atoms with van der Waals surface area (Å²) in [6, 6.07) is 7.77. The molecule has 2 rings (SSSR count). The van der Waals surface area contributed by atoms with Gasteiger partial charge in [0.25, 0.3) is 0 Å². The summed E-state index contributed by atoms with van der Waals surface area (Å²) >= 11 is 0. The summed E-state index contributed by atoms with van der Waals surface area (Å²) in [6.45, 7) is 0.654. The molecule has 1 aromatic rings. The van der Waals surface area contributed by atoms with E-state index in [0.717, 1.165) is 17.7 Å². The van der Waals surface area contributed by atoms with Crippen molar-refractivity contribution in [3.05, 3.63) is 29.8 Å². The van der Waals surface area contributed by atoms with Gasteiger partial charge in [0.05, 0.1) is 12.4 Å². The van der Waals surface area contributed by atoms with Crippen molar-refractivity contribution in [3.8, 4) is 5.75 Å². The lowest BCUT2D eigenvalue weighted by atomic mass is 9.92. The highest BCUT2D eigenvalue weighted by atomic mass is 35.5. The van der Waals surface area contributed by atoms with E-state index in [2.05, 4.69) is 0 Å². The number of hydrogen-bond acceptors (Lipinski definition) is 2. The van der Waals surface area contributed by atoms with E-state index in [1.807, 2.05) is 24.3 Å². The third kappa shape index (κ3) is 1.82. The molecule has 0 saturated heterocycles. The molecule has 4 heteroatoms. The first-order valence-corrected chi connectivity index (χ1v) is 4.34. The van der Waals surface area contributed by atoms with Crippen LogP contribution >= 0.6 is 12.4 Å². The van der Waals surface area contributed by atoms with Crippen LogP contribution in [0.4, 0.5) is 0 Å². The molecule has 14 heavy (non-hydrogen) atoms. The Morgan fingerprint density at radius 3 is 2.86 bits per heavy atom. The zero-order valence-corrected chi connectivity index (χ0v) is 8.51. The molecular weight excluding hydrogens is 200 g/mol. The first-order chi connectivity index (χ1) is 6.29. The van der Waals surface area contributed by atoms with Crippen LogP contribution in [-0.4, -0.2) is 12.4 Å². The van der Waals surface area contributed by atoms with Crippen molar-refractivity contribution < 1.29 is 4.74 Å². The average Bonchev–Trinajstić information content (AvgIpc) is 2.17. The van der Waals surface area contributed by atoms with Crippen LogP contribution in [0.25, 0.3) is 0 Å². The van der Waals surface area contributed by atoms with E-state index in [0.29, 0.717) is 6.61 Å². The van der Waals surface area contributed by atoms with E-state index in [1.165, 1.54) is 0 Å². The predicted molar refractivity (Wildman–Crippen MR) is 58.5 cm³/mol. The smallest absolute Gasteiger partial charge is 0.123 e. The molecule has 1 aliphatic rings. The summed E-state index contributed by atoms with van der Waals surface area (Å²) in [4.78, 5) is 0. The van der Waals surface area contributed by atoms with Gasteiger partial charge in [0.2, 0.25) is 0 Å². The van der Waals surface area contributed by atoms with Gasteiger partial charge in [-0.2, -0.15) is 0 Å². The highest BCUT2D eigenvalue weighted by Gasteiger charge is 2.22. The second-order valence-electron chi connectivity index (χ2n) is 3.18. The maximum absolute atomic E-state index is 7.44. The highest BCUT2D eigenvalue weighted by molar-refractivity contribution is 5.85. The van der Waals surface area contributed by atoms with Crippen LogP contribution in [0.3, 0.4) is 0 Å². The van der Waals surface area contributed by atoms with Gasteiger partial charge in [-0.05, 0) is 12.5 Å². The Morgan fingerprint density at radius 2 is 2.14 bits per heavy atom. The highest BCUT2D eigenvalue weighted by Crippen LogP contribution is 2.32. The van der Waals surface area contributed by atoms with Crippen molar-refractivity contribution in [2.24, 2.45) is 5.73 Å². The molecule has 1 heterocycles. The topological polar surface area (TPSA) is 59.1 Å². The Labute approximate surface area is 89.2 Å². The van der Waals surface area contributed by atoms with Crippen LogP contribution < -0.4 is 10.5 Å². The number of fused-ring (bicyclic) bond motifs is 1. The first kappa shape index (κ1) is 10.9. The Kier molecular flexibility index (Phi) is 3.36. The predicted octanol–water partition coefficient (Wildman–Crippen LogP) is 1.91. The number of amidine groups is 1. The van der Waals surface area contributed by atoms with Crippen LogP contribution in [0.1, 0.15) is 17.9 Å². The van der Waals surface area contributed by atoms with Gasteiger partial charge < -0.3 is 10.5 Å². The Morgan fingerprint density at radius 1 is 1.43 bits per heavy atom. The average molecular weight is 213 g/mol. The second-order valence-corrected chi connectivity index (χ2v) is 3.18. The van der Waals surface area contributed by atoms with Gasteiger partial charge in [-0.3, -0.25) is 5.41 Å². The van der Waals surface area contributed by atoms with Crippen LogP contribution in [-0.2, 0) is 0 Å². The minimum Gasteiger partial charge on any atom is -0.493 e. The van der Waals surface area contributed by atoms with Gasteiger partial charge in [-0.25, -0.2) is 0 Å². The van der Waals surface area contributed by atoms with E-state index in [1.54, 1.807) is 0 Å². The van der Waals surface area contributed by atoms with E-state index < -0.39 is 0 Å². The van der Waals surface area contributed by atoms with Crippen molar-refractivity contribution >= 4 is 18.2 Å². The molecule has 0 saturated carbocycles. The normalized spacial score (nSPS) is 18.7. The van der Waals surface area contributed by atoms with Crippen molar-refractivity contribution in [1.82, 2.24) is 0 Å². The van der Waals surface area contributed by atoms with Gasteiger partial charge in [0.15, 0.2) is 0 Å². The third-order valence-electron chi connectivity index (χ3n) is 2.33. The monoisotopic (exact) mass is 212 g/mol. The number of rotatable bonds is 1. The minimum atomic E-state index is 0. The maximum atomic E-state index is 7.44. The summed E-state index contributed by atoms with van der Waals surface area (Å²) in [5.74, 6) is 1.15. The number of para-hydroxylation sites is 1. The summed E-state index contributed by atoms with van der Waals surface area (Å²) in [6.07, 6.45) is 0.812. The molecule has 0 aliphatic carbocycles. The van der Waals surface area contributed by atoms with E-state index in [9.17, 15) is 0 Å². The molecule has 3 N–H and O–H groups in total. The summed E-state index contributed by atoms with van der Waals surface area (Å²) in [7, 11) is 0. The molecule has 0 bridgehead atoms. The first-order valence-electron chi connectivity index (χ1n) is 4.34. The lowest BCUT2D eigenvalue weighted by molar-refractivity contribution is 0.282. The number of benzene rings is 1. The lowest BCUT2D eigenvalue weighted by Gasteiger charge is -2.24.